The zero-order valence-corrected chi connectivity index (χ0v) is 19.0. The number of aliphatic carboxylic acids is 1. The van der Waals surface area contributed by atoms with Gasteiger partial charge in [-0.2, -0.15) is 29.6 Å². The van der Waals surface area contributed by atoms with Gasteiger partial charge in [0.1, 0.15) is 0 Å². The summed E-state index contributed by atoms with van der Waals surface area (Å²) in [5.41, 5.74) is 4.81. The minimum atomic E-state index is -5.08. The summed E-state index contributed by atoms with van der Waals surface area (Å²) in [6.45, 7) is 3.23. The fraction of sp³-hybridized carbons (Fsp3) is 0.381. The number of imidazole rings is 1. The SMILES string of the molecule is Cn1cc(-c2cnc3ncn(C4CCN(Cc5ccsc5)CC4)c3n2)cn1.O=C(O)C(F)(F)F. The number of nitrogens with zero attached hydrogens (tertiary/aromatic N) is 7. The number of fused-ring (bicyclic) bond motifs is 1. The molecule has 1 aliphatic heterocycles. The highest BCUT2D eigenvalue weighted by molar-refractivity contribution is 7.07. The van der Waals surface area contributed by atoms with Crippen LogP contribution >= 0.6 is 11.3 Å². The summed E-state index contributed by atoms with van der Waals surface area (Å²) in [5, 5.41) is 15.8. The Labute approximate surface area is 196 Å². The van der Waals surface area contributed by atoms with Crippen molar-refractivity contribution in [3.8, 4) is 11.3 Å². The van der Waals surface area contributed by atoms with E-state index in [1.54, 1.807) is 22.2 Å². The molecule has 5 rings (SSSR count). The van der Waals surface area contributed by atoms with Gasteiger partial charge in [0, 0.05) is 44.5 Å². The van der Waals surface area contributed by atoms with Gasteiger partial charge in [0.15, 0.2) is 11.3 Å². The zero-order chi connectivity index (χ0) is 24.3. The smallest absolute Gasteiger partial charge is 0.475 e. The van der Waals surface area contributed by atoms with Crippen molar-refractivity contribution in [1.82, 2.24) is 34.2 Å². The molecule has 34 heavy (non-hydrogen) atoms. The van der Waals surface area contributed by atoms with Crippen LogP contribution in [-0.2, 0) is 18.4 Å². The normalized spacial score (nSPS) is 15.3. The Balaban J connectivity index is 0.000000344. The number of aromatic nitrogens is 6. The van der Waals surface area contributed by atoms with Crippen LogP contribution in [-0.4, -0.2) is 64.5 Å². The summed E-state index contributed by atoms with van der Waals surface area (Å²) in [6.07, 6.45) is 4.58. The average molecular weight is 494 g/mol. The molecular weight excluding hydrogens is 471 g/mol. The van der Waals surface area contributed by atoms with Crippen molar-refractivity contribution < 1.29 is 23.1 Å². The molecule has 180 valence electrons. The highest BCUT2D eigenvalue weighted by Gasteiger charge is 2.38. The molecule has 5 heterocycles. The van der Waals surface area contributed by atoms with E-state index in [2.05, 4.69) is 41.4 Å². The lowest BCUT2D eigenvalue weighted by Gasteiger charge is -2.32. The van der Waals surface area contributed by atoms with E-state index in [1.807, 2.05) is 25.8 Å². The first-order valence-corrected chi connectivity index (χ1v) is 11.4. The number of likely N-dealkylation sites (tertiary alicyclic amines) is 1. The Morgan fingerprint density at radius 3 is 2.56 bits per heavy atom. The van der Waals surface area contributed by atoms with Crippen molar-refractivity contribution in [3.63, 3.8) is 0 Å². The fourth-order valence-corrected chi connectivity index (χ4v) is 4.42. The Hall–Kier alpha value is -3.32. The van der Waals surface area contributed by atoms with Crippen LogP contribution in [0.5, 0.6) is 0 Å². The van der Waals surface area contributed by atoms with Gasteiger partial charge in [0.25, 0.3) is 0 Å². The van der Waals surface area contributed by atoms with Gasteiger partial charge in [0.2, 0.25) is 0 Å². The third kappa shape index (κ3) is 5.59. The molecule has 0 bridgehead atoms. The Morgan fingerprint density at radius 1 is 1.24 bits per heavy atom. The summed E-state index contributed by atoms with van der Waals surface area (Å²) in [6, 6.07) is 2.64. The van der Waals surface area contributed by atoms with Crippen LogP contribution < -0.4 is 0 Å². The van der Waals surface area contributed by atoms with Crippen molar-refractivity contribution in [3.05, 3.63) is 47.3 Å². The molecule has 0 atom stereocenters. The van der Waals surface area contributed by atoms with Crippen LogP contribution in [0, 0.1) is 0 Å². The Bertz CT molecular complexity index is 1250. The minimum absolute atomic E-state index is 0.423. The summed E-state index contributed by atoms with van der Waals surface area (Å²) in [5.74, 6) is -2.76. The van der Waals surface area contributed by atoms with Gasteiger partial charge in [-0.05, 0) is 35.2 Å². The summed E-state index contributed by atoms with van der Waals surface area (Å²) < 4.78 is 35.7. The third-order valence-electron chi connectivity index (χ3n) is 5.46. The lowest BCUT2D eigenvalue weighted by molar-refractivity contribution is -0.192. The standard InChI is InChI=1S/C19H21N7S.C2HF3O2/c1-24-11-15(8-22-24)17-9-20-18-19(23-17)26(13-21-18)16-2-5-25(6-3-16)10-14-4-7-27-12-14;3-2(4,5)1(6)7/h4,7-9,11-13,16H,2-3,5-6,10H2,1H3;(H,6,7). The molecule has 9 nitrogen and oxygen atoms in total. The van der Waals surface area contributed by atoms with Crippen molar-refractivity contribution in [1.29, 1.82) is 0 Å². The van der Waals surface area contributed by atoms with Crippen LogP contribution in [0.3, 0.4) is 0 Å². The van der Waals surface area contributed by atoms with E-state index in [-0.39, 0.29) is 0 Å². The Kier molecular flexibility index (Phi) is 6.93. The lowest BCUT2D eigenvalue weighted by atomic mass is 10.0. The molecule has 0 saturated carbocycles. The van der Waals surface area contributed by atoms with Crippen molar-refractivity contribution in [2.75, 3.05) is 13.1 Å². The number of halogens is 3. The van der Waals surface area contributed by atoms with Gasteiger partial charge in [-0.15, -0.1) is 0 Å². The monoisotopic (exact) mass is 493 g/mol. The minimum Gasteiger partial charge on any atom is -0.475 e. The van der Waals surface area contributed by atoms with Gasteiger partial charge in [-0.3, -0.25) is 9.58 Å². The van der Waals surface area contributed by atoms with Crippen LogP contribution in [0.15, 0.2) is 41.7 Å². The average Bonchev–Trinajstić information content (AvgIpc) is 3.55. The number of alkyl halides is 3. The molecular formula is C21H22F3N7O2S. The molecule has 0 aromatic carbocycles. The maximum Gasteiger partial charge on any atom is 0.490 e. The quantitative estimate of drug-likeness (QED) is 0.462. The summed E-state index contributed by atoms with van der Waals surface area (Å²) in [4.78, 5) is 25.3. The van der Waals surface area contributed by atoms with E-state index >= 15 is 0 Å². The summed E-state index contributed by atoms with van der Waals surface area (Å²) >= 11 is 1.77. The Morgan fingerprint density at radius 2 is 1.97 bits per heavy atom. The second kappa shape index (κ2) is 9.89. The maximum absolute atomic E-state index is 10.6. The van der Waals surface area contributed by atoms with E-state index in [9.17, 15) is 13.2 Å². The van der Waals surface area contributed by atoms with E-state index in [0.717, 1.165) is 49.4 Å². The largest absolute Gasteiger partial charge is 0.490 e. The molecule has 1 N–H and O–H groups in total. The van der Waals surface area contributed by atoms with Gasteiger partial charge in [-0.1, -0.05) is 0 Å². The number of aryl methyl sites for hydroxylation is 1. The second-order valence-corrected chi connectivity index (χ2v) is 8.68. The predicted octanol–water partition coefficient (Wildman–Crippen LogP) is 3.76. The molecule has 0 unspecified atom stereocenters. The predicted molar refractivity (Wildman–Crippen MR) is 119 cm³/mol. The van der Waals surface area contributed by atoms with Crippen molar-refractivity contribution in [2.24, 2.45) is 7.05 Å². The number of piperidine rings is 1. The molecule has 1 fully saturated rings. The number of carboxylic acids is 1. The molecule has 0 spiro atoms. The highest BCUT2D eigenvalue weighted by Crippen LogP contribution is 2.27. The van der Waals surface area contributed by atoms with E-state index in [4.69, 9.17) is 14.9 Å². The van der Waals surface area contributed by atoms with Crippen LogP contribution in [0.25, 0.3) is 22.6 Å². The number of carboxylic acid groups (broad SMARTS) is 1. The van der Waals surface area contributed by atoms with Gasteiger partial charge in [-0.25, -0.2) is 19.7 Å². The molecule has 0 aliphatic carbocycles. The molecule has 1 aliphatic rings. The van der Waals surface area contributed by atoms with Crippen LogP contribution in [0.2, 0.25) is 0 Å². The third-order valence-corrected chi connectivity index (χ3v) is 6.20. The second-order valence-electron chi connectivity index (χ2n) is 7.90. The molecule has 13 heteroatoms. The van der Waals surface area contributed by atoms with Crippen molar-refractivity contribution >= 4 is 28.6 Å². The topological polar surface area (TPSA) is 102 Å². The molecule has 4 aromatic heterocycles. The van der Waals surface area contributed by atoms with Crippen LogP contribution in [0.4, 0.5) is 13.2 Å². The fourth-order valence-electron chi connectivity index (χ4n) is 3.77. The first kappa shape index (κ1) is 23.8. The molecule has 4 aromatic rings. The molecule has 0 radical (unpaired) electrons. The number of hydrogen-bond donors (Lipinski definition) is 1. The van der Waals surface area contributed by atoms with Gasteiger partial charge in [0.05, 0.1) is 24.4 Å². The van der Waals surface area contributed by atoms with E-state index in [0.29, 0.717) is 11.7 Å². The number of rotatable bonds is 4. The van der Waals surface area contributed by atoms with Gasteiger partial charge >= 0.3 is 12.1 Å². The summed E-state index contributed by atoms with van der Waals surface area (Å²) in [7, 11) is 1.91. The van der Waals surface area contributed by atoms with E-state index in [1.165, 1.54) is 5.56 Å². The molecule has 1 saturated heterocycles. The number of hydrogen-bond acceptors (Lipinski definition) is 7. The van der Waals surface area contributed by atoms with Crippen LogP contribution in [0.1, 0.15) is 24.4 Å². The highest BCUT2D eigenvalue weighted by atomic mass is 32.1. The maximum atomic E-state index is 10.6. The number of carbonyl (C=O) groups is 1. The number of thiophene rings is 1. The zero-order valence-electron chi connectivity index (χ0n) is 18.2. The van der Waals surface area contributed by atoms with Gasteiger partial charge < -0.3 is 9.67 Å². The molecule has 0 amide bonds. The lowest BCUT2D eigenvalue weighted by Crippen LogP contribution is -2.34. The first-order valence-electron chi connectivity index (χ1n) is 10.4. The van der Waals surface area contributed by atoms with E-state index < -0.39 is 12.1 Å². The van der Waals surface area contributed by atoms with Crippen molar-refractivity contribution in [2.45, 2.75) is 31.6 Å². The first-order chi connectivity index (χ1) is 16.2.